The molecule has 0 fully saturated rings. The Morgan fingerprint density at radius 2 is 1.06 bits per heavy atom. The van der Waals surface area contributed by atoms with Gasteiger partial charge in [-0.3, -0.25) is 14.5 Å². The Kier molecular flexibility index (Phi) is 38.7. The second-order valence-corrected chi connectivity index (χ2v) is 16.5. The van der Waals surface area contributed by atoms with Gasteiger partial charge in [-0.2, -0.15) is 0 Å². The standard InChI is InChI=1S/C47H92N2O5/c1-6-10-14-18-20-24-32-43(31-23-16-12-8-3)41-46(52)48(5)36-28-22-29-37-49(38-39-50)42-45(51)35-27-30-40-54-47(53)44(33-25-17-13-9-4)34-26-21-19-15-11-7-2/h27,30,43-45,50-51H,6-26,28-29,31-42H2,1-5H3/b30-27+. The van der Waals surface area contributed by atoms with E-state index in [0.717, 1.165) is 58.0 Å². The highest BCUT2D eigenvalue weighted by molar-refractivity contribution is 5.76. The van der Waals surface area contributed by atoms with E-state index in [1.807, 2.05) is 24.1 Å². The van der Waals surface area contributed by atoms with E-state index in [1.54, 1.807) is 0 Å². The Hall–Kier alpha value is -1.44. The number of hydrogen-bond donors (Lipinski definition) is 2. The predicted octanol–water partition coefficient (Wildman–Crippen LogP) is 11.8. The summed E-state index contributed by atoms with van der Waals surface area (Å²) >= 11 is 0. The van der Waals surface area contributed by atoms with Gasteiger partial charge in [0.1, 0.15) is 6.61 Å². The van der Waals surface area contributed by atoms with Crippen LogP contribution in [0.2, 0.25) is 0 Å². The fourth-order valence-corrected chi connectivity index (χ4v) is 7.56. The SMILES string of the molecule is CCCCCCCCC(CCCCCC)CC(=O)N(C)CCCCCN(CCO)CC(O)C/C=C/COC(=O)C(CCCCCC)CCCCCCCC. The molecule has 54 heavy (non-hydrogen) atoms. The summed E-state index contributed by atoms with van der Waals surface area (Å²) in [4.78, 5) is 30.1. The zero-order valence-electron chi connectivity index (χ0n) is 36.6. The summed E-state index contributed by atoms with van der Waals surface area (Å²) in [5.41, 5.74) is 0. The molecule has 0 bridgehead atoms. The van der Waals surface area contributed by atoms with Gasteiger partial charge in [-0.15, -0.1) is 0 Å². The second-order valence-electron chi connectivity index (χ2n) is 16.5. The molecule has 0 spiro atoms. The van der Waals surface area contributed by atoms with Crippen molar-refractivity contribution in [2.45, 2.75) is 220 Å². The molecule has 0 saturated carbocycles. The maximum atomic E-state index is 13.2. The van der Waals surface area contributed by atoms with Crippen LogP contribution in [0.4, 0.5) is 0 Å². The van der Waals surface area contributed by atoms with E-state index >= 15 is 0 Å². The van der Waals surface area contributed by atoms with Gasteiger partial charge >= 0.3 is 5.97 Å². The summed E-state index contributed by atoms with van der Waals surface area (Å²) in [6, 6.07) is 0. The van der Waals surface area contributed by atoms with Crippen LogP contribution >= 0.6 is 0 Å². The van der Waals surface area contributed by atoms with Crippen molar-refractivity contribution >= 4 is 11.9 Å². The number of aliphatic hydroxyl groups is 2. The van der Waals surface area contributed by atoms with Gasteiger partial charge in [-0.05, 0) is 57.4 Å². The minimum atomic E-state index is -0.544. The number of amides is 1. The largest absolute Gasteiger partial charge is 0.461 e. The predicted molar refractivity (Wildman–Crippen MR) is 231 cm³/mol. The molecular weight excluding hydrogens is 673 g/mol. The van der Waals surface area contributed by atoms with Crippen LogP contribution in [0.3, 0.4) is 0 Å². The second kappa shape index (κ2) is 39.8. The molecule has 0 aliphatic carbocycles. The first-order valence-electron chi connectivity index (χ1n) is 23.4. The van der Waals surface area contributed by atoms with Crippen LogP contribution in [-0.4, -0.2) is 84.4 Å². The number of esters is 1. The van der Waals surface area contributed by atoms with Gasteiger partial charge in [-0.1, -0.05) is 175 Å². The summed E-state index contributed by atoms with van der Waals surface area (Å²) < 4.78 is 5.66. The van der Waals surface area contributed by atoms with E-state index < -0.39 is 6.10 Å². The first kappa shape index (κ1) is 52.6. The van der Waals surface area contributed by atoms with E-state index in [9.17, 15) is 19.8 Å². The van der Waals surface area contributed by atoms with Gasteiger partial charge < -0.3 is 19.8 Å². The molecule has 0 rings (SSSR count). The van der Waals surface area contributed by atoms with E-state index in [-0.39, 0.29) is 25.1 Å². The number of hydrogen-bond acceptors (Lipinski definition) is 6. The zero-order chi connectivity index (χ0) is 39.9. The van der Waals surface area contributed by atoms with Crippen LogP contribution in [0.15, 0.2) is 12.2 Å². The van der Waals surface area contributed by atoms with Crippen LogP contribution in [0.5, 0.6) is 0 Å². The minimum Gasteiger partial charge on any atom is -0.461 e. The number of ether oxygens (including phenoxy) is 1. The molecule has 0 aliphatic heterocycles. The Labute approximate surface area is 335 Å². The summed E-state index contributed by atoms with van der Waals surface area (Å²) in [5, 5.41) is 20.4. The van der Waals surface area contributed by atoms with Gasteiger partial charge in [-0.25, -0.2) is 0 Å². The van der Waals surface area contributed by atoms with Crippen molar-refractivity contribution in [3.05, 3.63) is 12.2 Å². The Bertz CT molecular complexity index is 852. The number of carbonyl (C=O) groups excluding carboxylic acids is 2. The molecule has 3 atom stereocenters. The molecule has 7 nitrogen and oxygen atoms in total. The minimum absolute atomic E-state index is 0.00266. The lowest BCUT2D eigenvalue weighted by molar-refractivity contribution is -0.147. The van der Waals surface area contributed by atoms with Crippen LogP contribution in [0.25, 0.3) is 0 Å². The number of unbranched alkanes of at least 4 members (excludes halogenated alkanes) is 18. The van der Waals surface area contributed by atoms with Crippen LogP contribution in [-0.2, 0) is 14.3 Å². The normalized spacial score (nSPS) is 13.5. The van der Waals surface area contributed by atoms with Gasteiger partial charge in [0.05, 0.1) is 18.6 Å². The van der Waals surface area contributed by atoms with Crippen molar-refractivity contribution in [2.75, 3.05) is 46.4 Å². The third-order valence-electron chi connectivity index (χ3n) is 11.2. The maximum absolute atomic E-state index is 13.2. The van der Waals surface area contributed by atoms with E-state index in [4.69, 9.17) is 4.74 Å². The van der Waals surface area contributed by atoms with Gasteiger partial charge in [0.25, 0.3) is 0 Å². The third kappa shape index (κ3) is 32.8. The molecule has 1 amide bonds. The first-order valence-corrected chi connectivity index (χ1v) is 23.4. The van der Waals surface area contributed by atoms with Crippen LogP contribution in [0, 0.1) is 11.8 Å². The summed E-state index contributed by atoms with van der Waals surface area (Å²) in [5.74, 6) is 0.741. The molecule has 0 saturated heterocycles. The highest BCUT2D eigenvalue weighted by atomic mass is 16.5. The van der Waals surface area contributed by atoms with Gasteiger partial charge in [0.2, 0.25) is 5.91 Å². The van der Waals surface area contributed by atoms with Crippen LogP contribution in [0.1, 0.15) is 214 Å². The Morgan fingerprint density at radius 1 is 0.593 bits per heavy atom. The molecule has 3 unspecified atom stereocenters. The van der Waals surface area contributed by atoms with Crippen molar-refractivity contribution in [3.8, 4) is 0 Å². The van der Waals surface area contributed by atoms with Crippen molar-refractivity contribution < 1.29 is 24.5 Å². The highest BCUT2D eigenvalue weighted by Crippen LogP contribution is 2.23. The van der Waals surface area contributed by atoms with Crippen molar-refractivity contribution in [3.63, 3.8) is 0 Å². The lowest BCUT2D eigenvalue weighted by Gasteiger charge is -2.24. The molecule has 0 aliphatic rings. The molecule has 320 valence electrons. The fourth-order valence-electron chi connectivity index (χ4n) is 7.56. The number of aliphatic hydroxyl groups excluding tert-OH is 2. The van der Waals surface area contributed by atoms with Crippen molar-refractivity contribution in [1.82, 2.24) is 9.80 Å². The lowest BCUT2D eigenvalue weighted by Crippen LogP contribution is -2.35. The zero-order valence-corrected chi connectivity index (χ0v) is 36.6. The summed E-state index contributed by atoms with van der Waals surface area (Å²) in [6.07, 6.45) is 36.5. The van der Waals surface area contributed by atoms with Crippen molar-refractivity contribution in [2.24, 2.45) is 11.8 Å². The van der Waals surface area contributed by atoms with E-state index in [1.165, 1.54) is 128 Å². The number of nitrogens with zero attached hydrogens (tertiary/aromatic N) is 2. The van der Waals surface area contributed by atoms with Gasteiger partial charge in [0, 0.05) is 33.1 Å². The Morgan fingerprint density at radius 3 is 1.59 bits per heavy atom. The van der Waals surface area contributed by atoms with E-state index in [0.29, 0.717) is 37.8 Å². The van der Waals surface area contributed by atoms with Crippen molar-refractivity contribution in [1.29, 1.82) is 0 Å². The monoisotopic (exact) mass is 765 g/mol. The molecule has 0 radical (unpaired) electrons. The average molecular weight is 765 g/mol. The smallest absolute Gasteiger partial charge is 0.309 e. The van der Waals surface area contributed by atoms with E-state index in [2.05, 4.69) is 32.6 Å². The molecule has 0 aromatic carbocycles. The lowest BCUT2D eigenvalue weighted by atomic mass is 9.91. The molecule has 7 heteroatoms. The molecule has 0 heterocycles. The maximum Gasteiger partial charge on any atom is 0.309 e. The molecular formula is C47H92N2O5. The van der Waals surface area contributed by atoms with Crippen LogP contribution < -0.4 is 0 Å². The molecule has 0 aromatic heterocycles. The Balaban J connectivity index is 4.53. The number of rotatable bonds is 41. The summed E-state index contributed by atoms with van der Waals surface area (Å²) in [7, 11) is 1.97. The quantitative estimate of drug-likeness (QED) is 0.0366. The highest BCUT2D eigenvalue weighted by Gasteiger charge is 2.20. The summed E-state index contributed by atoms with van der Waals surface area (Å²) in [6.45, 7) is 11.9. The third-order valence-corrected chi connectivity index (χ3v) is 11.2. The topological polar surface area (TPSA) is 90.3 Å². The van der Waals surface area contributed by atoms with Gasteiger partial charge in [0.15, 0.2) is 0 Å². The first-order chi connectivity index (χ1) is 26.3. The average Bonchev–Trinajstić information content (AvgIpc) is 3.16. The molecule has 2 N–H and O–H groups in total. The number of carbonyl (C=O) groups is 2. The fraction of sp³-hybridized carbons (Fsp3) is 0.915. The molecule has 0 aromatic rings.